The molecule has 0 fully saturated rings. The molecule has 0 aliphatic heterocycles. The van der Waals surface area contributed by atoms with Crippen LogP contribution < -0.4 is 24.8 Å². The Kier molecular flexibility index (Phi) is 9.99. The van der Waals surface area contributed by atoms with Gasteiger partial charge >= 0.3 is 6.09 Å². The van der Waals surface area contributed by atoms with E-state index >= 15 is 0 Å². The van der Waals surface area contributed by atoms with E-state index in [9.17, 15) is 22.8 Å². The molecule has 0 spiro atoms. The quantitative estimate of drug-likeness (QED) is 0.254. The number of nitrogens with one attached hydrogen (secondary N) is 3. The van der Waals surface area contributed by atoms with Gasteiger partial charge in [-0.25, -0.2) is 22.9 Å². The fraction of sp³-hybridized carbons (Fsp3) is 0.167. The highest BCUT2D eigenvalue weighted by atomic mass is 35.5. The van der Waals surface area contributed by atoms with Crippen LogP contribution in [-0.2, 0) is 10.0 Å². The number of aliphatic hydroxyl groups excluding tert-OH is 1. The van der Waals surface area contributed by atoms with Crippen LogP contribution in [0, 0.1) is 0 Å². The Balaban J connectivity index is 1.61. The highest BCUT2D eigenvalue weighted by molar-refractivity contribution is 7.90. The number of carbonyl (C=O) groups is 3. The normalized spacial score (nSPS) is 10.8. The zero-order chi connectivity index (χ0) is 27.5. The van der Waals surface area contributed by atoms with Crippen molar-refractivity contribution in [2.24, 2.45) is 0 Å². The van der Waals surface area contributed by atoms with Crippen molar-refractivity contribution in [1.29, 1.82) is 0 Å². The molecule has 2 aromatic carbocycles. The van der Waals surface area contributed by atoms with E-state index in [4.69, 9.17) is 26.2 Å². The van der Waals surface area contributed by atoms with Crippen molar-refractivity contribution in [3.8, 4) is 11.6 Å². The molecule has 0 aliphatic carbocycles. The number of amides is 3. The summed E-state index contributed by atoms with van der Waals surface area (Å²) in [5.74, 6) is -1.16. The molecule has 14 heteroatoms. The number of hydrogen-bond donors (Lipinski definition) is 4. The molecule has 3 amide bonds. The van der Waals surface area contributed by atoms with Crippen molar-refractivity contribution in [1.82, 2.24) is 20.3 Å². The van der Waals surface area contributed by atoms with Gasteiger partial charge in [-0.1, -0.05) is 29.8 Å². The number of carbonyl (C=O) groups excluding carboxylic acids is 3. The van der Waals surface area contributed by atoms with Gasteiger partial charge in [0.15, 0.2) is 0 Å². The van der Waals surface area contributed by atoms with Gasteiger partial charge in [0.25, 0.3) is 21.8 Å². The first-order valence-corrected chi connectivity index (χ1v) is 12.9. The first-order valence-electron chi connectivity index (χ1n) is 11.0. The van der Waals surface area contributed by atoms with Gasteiger partial charge in [0.1, 0.15) is 12.4 Å². The molecule has 4 N–H and O–H groups in total. The maximum Gasteiger partial charge on any atom is 0.414 e. The van der Waals surface area contributed by atoms with Crippen LogP contribution in [0.1, 0.15) is 20.7 Å². The largest absolute Gasteiger partial charge is 0.492 e. The van der Waals surface area contributed by atoms with Crippen molar-refractivity contribution < 1.29 is 37.4 Å². The molecule has 0 saturated carbocycles. The van der Waals surface area contributed by atoms with Gasteiger partial charge in [-0.05, 0) is 36.4 Å². The van der Waals surface area contributed by atoms with Crippen LogP contribution in [0.15, 0.2) is 71.8 Å². The van der Waals surface area contributed by atoms with Crippen LogP contribution in [0.4, 0.5) is 4.79 Å². The Morgan fingerprint density at radius 3 is 2.39 bits per heavy atom. The number of ether oxygens (including phenoxy) is 2. The van der Waals surface area contributed by atoms with Gasteiger partial charge in [0.05, 0.1) is 34.2 Å². The van der Waals surface area contributed by atoms with Gasteiger partial charge in [-0.15, -0.1) is 0 Å². The Labute approximate surface area is 223 Å². The maximum absolute atomic E-state index is 12.8. The number of halogens is 1. The van der Waals surface area contributed by atoms with Gasteiger partial charge in [-0.2, -0.15) is 0 Å². The molecular formula is C24H23ClN4O8S. The van der Waals surface area contributed by atoms with Crippen molar-refractivity contribution >= 4 is 39.5 Å². The number of para-hydroxylation sites is 1. The van der Waals surface area contributed by atoms with Crippen LogP contribution >= 0.6 is 11.6 Å². The topological polar surface area (TPSA) is 173 Å². The minimum atomic E-state index is -4.39. The van der Waals surface area contributed by atoms with Gasteiger partial charge in [-0.3, -0.25) is 9.59 Å². The van der Waals surface area contributed by atoms with Crippen LogP contribution in [-0.4, -0.2) is 62.7 Å². The number of pyridine rings is 1. The Morgan fingerprint density at radius 1 is 0.947 bits per heavy atom. The minimum absolute atomic E-state index is 0.0135. The molecule has 0 bridgehead atoms. The molecule has 0 unspecified atom stereocenters. The van der Waals surface area contributed by atoms with E-state index in [1.54, 1.807) is 24.3 Å². The first-order chi connectivity index (χ1) is 18.2. The van der Waals surface area contributed by atoms with E-state index in [-0.39, 0.29) is 53.2 Å². The molecule has 0 radical (unpaired) electrons. The van der Waals surface area contributed by atoms with E-state index in [2.05, 4.69) is 15.6 Å². The number of aromatic nitrogens is 1. The van der Waals surface area contributed by atoms with Crippen LogP contribution in [0.25, 0.3) is 0 Å². The third-order valence-electron chi connectivity index (χ3n) is 4.70. The zero-order valence-electron chi connectivity index (χ0n) is 19.7. The maximum atomic E-state index is 12.8. The highest BCUT2D eigenvalue weighted by Crippen LogP contribution is 2.21. The average Bonchev–Trinajstić information content (AvgIpc) is 2.90. The van der Waals surface area contributed by atoms with E-state index in [1.165, 1.54) is 18.2 Å². The molecule has 1 aromatic heterocycles. The second-order valence-electron chi connectivity index (χ2n) is 7.42. The SMILES string of the molecule is O=C(NCCO)Oc1ccc(C(=O)NS(=O)(=O)c2ccc(Cl)c(C(=O)NCCOc3ccccc3)c2)cn1. The van der Waals surface area contributed by atoms with Gasteiger partial charge < -0.3 is 25.2 Å². The summed E-state index contributed by atoms with van der Waals surface area (Å²) in [6, 6.07) is 14.8. The summed E-state index contributed by atoms with van der Waals surface area (Å²) in [5.41, 5.74) is -0.244. The summed E-state index contributed by atoms with van der Waals surface area (Å²) in [6.07, 6.45) is 0.148. The van der Waals surface area contributed by atoms with Crippen LogP contribution in [0.5, 0.6) is 11.6 Å². The number of nitrogens with zero attached hydrogens (tertiary/aromatic N) is 1. The Morgan fingerprint density at radius 2 is 1.71 bits per heavy atom. The molecule has 200 valence electrons. The van der Waals surface area contributed by atoms with E-state index in [0.717, 1.165) is 18.3 Å². The lowest BCUT2D eigenvalue weighted by atomic mass is 10.2. The lowest BCUT2D eigenvalue weighted by Gasteiger charge is -2.11. The smallest absolute Gasteiger partial charge is 0.414 e. The summed E-state index contributed by atoms with van der Waals surface area (Å²) in [5, 5.41) is 13.5. The number of aliphatic hydroxyl groups is 1. The number of rotatable bonds is 11. The average molecular weight is 563 g/mol. The van der Waals surface area contributed by atoms with Gasteiger partial charge in [0, 0.05) is 18.8 Å². The summed E-state index contributed by atoms with van der Waals surface area (Å²) < 4.78 is 37.8. The molecule has 38 heavy (non-hydrogen) atoms. The third kappa shape index (κ3) is 8.16. The van der Waals surface area contributed by atoms with Crippen LogP contribution in [0.2, 0.25) is 5.02 Å². The summed E-state index contributed by atoms with van der Waals surface area (Å²) in [6.45, 7) is 0.00767. The first kappa shape index (κ1) is 28.4. The van der Waals surface area contributed by atoms with Crippen molar-refractivity contribution in [3.05, 3.63) is 83.0 Å². The fourth-order valence-corrected chi connectivity index (χ4v) is 4.10. The summed E-state index contributed by atoms with van der Waals surface area (Å²) in [7, 11) is -4.39. The van der Waals surface area contributed by atoms with Crippen molar-refractivity contribution in [2.75, 3.05) is 26.3 Å². The summed E-state index contributed by atoms with van der Waals surface area (Å²) >= 11 is 6.10. The molecule has 3 aromatic rings. The Hall–Kier alpha value is -4.20. The fourth-order valence-electron chi connectivity index (χ4n) is 2.89. The zero-order valence-corrected chi connectivity index (χ0v) is 21.3. The highest BCUT2D eigenvalue weighted by Gasteiger charge is 2.22. The monoisotopic (exact) mass is 562 g/mol. The Bertz CT molecular complexity index is 1390. The van der Waals surface area contributed by atoms with E-state index in [0.29, 0.717) is 5.75 Å². The second kappa shape index (κ2) is 13.4. The van der Waals surface area contributed by atoms with Crippen molar-refractivity contribution in [3.63, 3.8) is 0 Å². The second-order valence-corrected chi connectivity index (χ2v) is 9.51. The number of sulfonamides is 1. The molecule has 0 atom stereocenters. The third-order valence-corrected chi connectivity index (χ3v) is 6.35. The van der Waals surface area contributed by atoms with Crippen LogP contribution in [0.3, 0.4) is 0 Å². The minimum Gasteiger partial charge on any atom is -0.492 e. The lowest BCUT2D eigenvalue weighted by Crippen LogP contribution is -2.32. The van der Waals surface area contributed by atoms with Gasteiger partial charge in [0.2, 0.25) is 5.88 Å². The number of benzene rings is 2. The van der Waals surface area contributed by atoms with E-state index in [1.807, 2.05) is 10.8 Å². The molecule has 12 nitrogen and oxygen atoms in total. The van der Waals surface area contributed by atoms with E-state index < -0.39 is 27.9 Å². The molecule has 0 saturated heterocycles. The standard InChI is InChI=1S/C24H23ClN4O8S/c25-20-8-7-18(14-19(20)23(32)26-11-13-36-17-4-2-1-3-5-17)38(34,35)29-22(31)16-6-9-21(28-15-16)37-24(33)27-10-12-30/h1-9,14-15,30H,10-13H2,(H,26,32)(H,27,33)(H,29,31). The lowest BCUT2D eigenvalue weighted by molar-refractivity contribution is 0.0945. The van der Waals surface area contributed by atoms with Crippen molar-refractivity contribution in [2.45, 2.75) is 4.90 Å². The molecule has 3 rings (SSSR count). The summed E-state index contributed by atoms with van der Waals surface area (Å²) in [4.78, 5) is 39.9. The molecular weight excluding hydrogens is 540 g/mol. The predicted molar refractivity (Wildman–Crippen MR) is 136 cm³/mol. The molecule has 0 aliphatic rings. The number of hydrogen-bond acceptors (Lipinski definition) is 9. The molecule has 1 heterocycles. The predicted octanol–water partition coefficient (Wildman–Crippen LogP) is 1.74.